The Kier molecular flexibility index (Phi) is 5.03. The van der Waals surface area contributed by atoms with E-state index in [9.17, 15) is 0 Å². The molecule has 1 aromatic heterocycles. The molecule has 5 aromatic rings. The van der Waals surface area contributed by atoms with Gasteiger partial charge in [-0.2, -0.15) is 0 Å². The lowest BCUT2D eigenvalue weighted by Gasteiger charge is -2.12. The molecule has 0 radical (unpaired) electrons. The first-order chi connectivity index (χ1) is 14.6. The minimum absolute atomic E-state index is 0.700. The number of aromatic nitrogens is 2. The van der Waals surface area contributed by atoms with Crippen LogP contribution < -0.4 is 5.32 Å². The van der Waals surface area contributed by atoms with Crippen LogP contribution in [0.1, 0.15) is 5.56 Å². The first-order valence-corrected chi connectivity index (χ1v) is 10.8. The zero-order valence-corrected chi connectivity index (χ0v) is 17.8. The Bertz CT molecular complexity index is 1240. The van der Waals surface area contributed by atoms with E-state index in [2.05, 4.69) is 60.8 Å². The van der Waals surface area contributed by atoms with Crippen LogP contribution in [0.25, 0.3) is 21.8 Å². The van der Waals surface area contributed by atoms with Crippen LogP contribution in [-0.4, -0.2) is 9.97 Å². The smallest absolute Gasteiger partial charge is 0.164 e. The number of rotatable bonds is 4. The van der Waals surface area contributed by atoms with Crippen molar-refractivity contribution < 1.29 is 0 Å². The van der Waals surface area contributed by atoms with Gasteiger partial charge in [0.2, 0.25) is 0 Å². The zero-order valence-electron chi connectivity index (χ0n) is 16.3. The summed E-state index contributed by atoms with van der Waals surface area (Å²) in [4.78, 5) is 11.0. The molecule has 4 aromatic carbocycles. The molecule has 0 aliphatic carbocycles. The Balaban J connectivity index is 1.63. The van der Waals surface area contributed by atoms with Gasteiger partial charge in [0, 0.05) is 15.6 Å². The maximum absolute atomic E-state index is 6.04. The average molecular weight is 428 g/mol. The van der Waals surface area contributed by atoms with E-state index in [1.165, 1.54) is 5.56 Å². The molecule has 0 bridgehead atoms. The minimum Gasteiger partial charge on any atom is -0.338 e. The maximum atomic E-state index is 6.04. The molecular weight excluding hydrogens is 410 g/mol. The Hall–Kier alpha value is -3.08. The summed E-state index contributed by atoms with van der Waals surface area (Å²) in [6.07, 6.45) is 0. The van der Waals surface area contributed by atoms with E-state index in [0.717, 1.165) is 43.2 Å². The van der Waals surface area contributed by atoms with Gasteiger partial charge in [0.15, 0.2) is 5.82 Å². The number of anilines is 2. The Morgan fingerprint density at radius 3 is 2.07 bits per heavy atom. The van der Waals surface area contributed by atoms with Gasteiger partial charge in [-0.05, 0) is 66.2 Å². The topological polar surface area (TPSA) is 37.8 Å². The SMILES string of the molecule is Cc1ccc(Sc2nc3cc4ccccc4cc3nc2Nc2ccc(Cl)cc2)cc1. The number of halogens is 1. The molecule has 0 aliphatic heterocycles. The van der Waals surface area contributed by atoms with Crippen LogP contribution in [0.4, 0.5) is 11.5 Å². The quantitative estimate of drug-likeness (QED) is 0.299. The highest BCUT2D eigenvalue weighted by Crippen LogP contribution is 2.35. The van der Waals surface area contributed by atoms with Gasteiger partial charge in [-0.15, -0.1) is 0 Å². The molecular formula is C25H18ClN3S. The van der Waals surface area contributed by atoms with Crippen LogP contribution in [0.5, 0.6) is 0 Å². The summed E-state index contributed by atoms with van der Waals surface area (Å²) in [5.74, 6) is 0.727. The van der Waals surface area contributed by atoms with Gasteiger partial charge in [0.05, 0.1) is 11.0 Å². The van der Waals surface area contributed by atoms with Crippen molar-refractivity contribution in [3.05, 3.63) is 95.5 Å². The monoisotopic (exact) mass is 427 g/mol. The van der Waals surface area contributed by atoms with Gasteiger partial charge in [-0.3, -0.25) is 0 Å². The number of benzene rings is 4. The number of hydrogen-bond donors (Lipinski definition) is 1. The third kappa shape index (κ3) is 3.97. The van der Waals surface area contributed by atoms with Crippen LogP contribution in [0.3, 0.4) is 0 Å². The third-order valence-electron chi connectivity index (χ3n) is 4.84. The molecule has 0 spiro atoms. The minimum atomic E-state index is 0.700. The highest BCUT2D eigenvalue weighted by Gasteiger charge is 2.12. The van der Waals surface area contributed by atoms with Crippen LogP contribution in [0, 0.1) is 6.92 Å². The number of nitrogens with one attached hydrogen (secondary N) is 1. The van der Waals surface area contributed by atoms with E-state index in [1.54, 1.807) is 11.8 Å². The largest absolute Gasteiger partial charge is 0.338 e. The summed E-state index contributed by atoms with van der Waals surface area (Å²) in [5, 5.41) is 7.25. The normalized spacial score (nSPS) is 11.1. The second-order valence-electron chi connectivity index (χ2n) is 7.11. The first-order valence-electron chi connectivity index (χ1n) is 9.62. The molecule has 0 saturated heterocycles. The van der Waals surface area contributed by atoms with Crippen molar-refractivity contribution in [2.24, 2.45) is 0 Å². The molecule has 30 heavy (non-hydrogen) atoms. The summed E-state index contributed by atoms with van der Waals surface area (Å²) >= 11 is 7.64. The summed E-state index contributed by atoms with van der Waals surface area (Å²) in [5.41, 5.74) is 3.89. The van der Waals surface area contributed by atoms with E-state index in [4.69, 9.17) is 21.6 Å². The predicted molar refractivity (Wildman–Crippen MR) is 127 cm³/mol. The average Bonchev–Trinajstić information content (AvgIpc) is 2.76. The van der Waals surface area contributed by atoms with Gasteiger partial charge in [-0.1, -0.05) is 65.3 Å². The molecule has 0 fully saturated rings. The molecule has 0 unspecified atom stereocenters. The lowest BCUT2D eigenvalue weighted by atomic mass is 10.1. The van der Waals surface area contributed by atoms with Crippen LogP contribution in [0.15, 0.2) is 94.9 Å². The summed E-state index contributed by atoms with van der Waals surface area (Å²) in [6, 6.07) is 28.5. The number of fused-ring (bicyclic) bond motifs is 2. The van der Waals surface area contributed by atoms with Crippen molar-refractivity contribution in [3.63, 3.8) is 0 Å². The Morgan fingerprint density at radius 2 is 1.40 bits per heavy atom. The first kappa shape index (κ1) is 18.9. The van der Waals surface area contributed by atoms with Crippen molar-refractivity contribution in [2.75, 3.05) is 5.32 Å². The summed E-state index contributed by atoms with van der Waals surface area (Å²) < 4.78 is 0. The third-order valence-corrected chi connectivity index (χ3v) is 6.08. The summed E-state index contributed by atoms with van der Waals surface area (Å²) in [7, 11) is 0. The number of hydrogen-bond acceptors (Lipinski definition) is 4. The van der Waals surface area contributed by atoms with Crippen molar-refractivity contribution in [1.29, 1.82) is 0 Å². The van der Waals surface area contributed by atoms with Gasteiger partial charge >= 0.3 is 0 Å². The van der Waals surface area contributed by atoms with E-state index in [-0.39, 0.29) is 0 Å². The fourth-order valence-electron chi connectivity index (χ4n) is 3.27. The molecule has 5 rings (SSSR count). The van der Waals surface area contributed by atoms with Crippen molar-refractivity contribution >= 4 is 56.7 Å². The molecule has 1 N–H and O–H groups in total. The molecule has 0 atom stereocenters. The lowest BCUT2D eigenvalue weighted by Crippen LogP contribution is -1.99. The van der Waals surface area contributed by atoms with Gasteiger partial charge in [0.25, 0.3) is 0 Å². The van der Waals surface area contributed by atoms with E-state index < -0.39 is 0 Å². The number of aryl methyl sites for hydroxylation is 1. The lowest BCUT2D eigenvalue weighted by molar-refractivity contribution is 1.12. The Labute approximate surface area is 184 Å². The van der Waals surface area contributed by atoms with Gasteiger partial charge in [-0.25, -0.2) is 9.97 Å². The molecule has 5 heteroatoms. The fourth-order valence-corrected chi connectivity index (χ4v) is 4.23. The second kappa shape index (κ2) is 7.98. The standard InChI is InChI=1S/C25H18ClN3S/c1-16-6-12-21(13-7-16)30-25-24(27-20-10-8-19(26)9-11-20)28-22-14-17-4-2-3-5-18(17)15-23(22)29-25/h2-15H,1H3,(H,27,28). The predicted octanol–water partition coefficient (Wildman–Crippen LogP) is 7.64. The van der Waals surface area contributed by atoms with Crippen molar-refractivity contribution in [3.8, 4) is 0 Å². The maximum Gasteiger partial charge on any atom is 0.164 e. The molecule has 1 heterocycles. The van der Waals surface area contributed by atoms with E-state index >= 15 is 0 Å². The van der Waals surface area contributed by atoms with Crippen molar-refractivity contribution in [2.45, 2.75) is 16.8 Å². The zero-order chi connectivity index (χ0) is 20.5. The van der Waals surface area contributed by atoms with Gasteiger partial charge < -0.3 is 5.32 Å². The molecule has 3 nitrogen and oxygen atoms in total. The van der Waals surface area contributed by atoms with Gasteiger partial charge in [0.1, 0.15) is 5.03 Å². The second-order valence-corrected chi connectivity index (χ2v) is 8.61. The van der Waals surface area contributed by atoms with E-state index in [1.807, 2.05) is 36.4 Å². The van der Waals surface area contributed by atoms with Crippen LogP contribution in [0.2, 0.25) is 5.02 Å². The number of nitrogens with zero attached hydrogens (tertiary/aromatic N) is 2. The van der Waals surface area contributed by atoms with Crippen molar-refractivity contribution in [1.82, 2.24) is 9.97 Å². The molecule has 0 saturated carbocycles. The Morgan fingerprint density at radius 1 is 0.767 bits per heavy atom. The molecule has 0 aliphatic rings. The van der Waals surface area contributed by atoms with Crippen LogP contribution >= 0.6 is 23.4 Å². The molecule has 0 amide bonds. The molecule has 146 valence electrons. The van der Waals surface area contributed by atoms with Crippen LogP contribution in [-0.2, 0) is 0 Å². The fraction of sp³-hybridized carbons (Fsp3) is 0.0400. The highest BCUT2D eigenvalue weighted by atomic mass is 35.5. The van der Waals surface area contributed by atoms with E-state index in [0.29, 0.717) is 5.02 Å². The summed E-state index contributed by atoms with van der Waals surface area (Å²) in [6.45, 7) is 2.09. The highest BCUT2D eigenvalue weighted by molar-refractivity contribution is 7.99.